The molecule has 2 aromatic rings. The molecule has 0 saturated heterocycles. The first-order chi connectivity index (χ1) is 14.2. The number of unbranched alkanes of at least 4 members (excludes halogenated alkanes) is 6. The molecule has 156 valence electrons. The molecular weight excluding hydrogens is 360 g/mol. The molecule has 0 bridgehead atoms. The van der Waals surface area contributed by atoms with Crippen LogP contribution in [-0.2, 0) is 11.2 Å². The third-order valence-corrected chi connectivity index (χ3v) is 5.07. The molecule has 1 aromatic heterocycles. The van der Waals surface area contributed by atoms with Gasteiger partial charge in [0.2, 0.25) is 0 Å². The maximum Gasteiger partial charge on any atom is 0.338 e. The summed E-state index contributed by atoms with van der Waals surface area (Å²) in [6.07, 6.45) is 17.7. The van der Waals surface area contributed by atoms with Gasteiger partial charge in [0.25, 0.3) is 0 Å². The van der Waals surface area contributed by atoms with Crippen LogP contribution in [-0.4, -0.2) is 15.9 Å². The zero-order chi connectivity index (χ0) is 20.7. The van der Waals surface area contributed by atoms with Crippen LogP contribution < -0.4 is 4.74 Å². The van der Waals surface area contributed by atoms with Gasteiger partial charge in [-0.05, 0) is 30.4 Å². The van der Waals surface area contributed by atoms with Gasteiger partial charge in [0.1, 0.15) is 0 Å². The molecule has 0 aliphatic carbocycles. The second-order valence-electron chi connectivity index (χ2n) is 7.45. The van der Waals surface area contributed by atoms with Gasteiger partial charge in [-0.15, -0.1) is 0 Å². The van der Waals surface area contributed by atoms with Crippen LogP contribution in [0.1, 0.15) is 82.3 Å². The number of carbonyl (C=O) groups is 1. The van der Waals surface area contributed by atoms with Crippen molar-refractivity contribution in [1.82, 2.24) is 9.97 Å². The molecule has 2 rings (SSSR count). The molecule has 0 spiro atoms. The topological polar surface area (TPSA) is 52.1 Å². The standard InChI is InChI=1S/C25H34N2O2/c1-3-5-6-7-8-9-11-14-21-19-26-25(27-20-21)29-24(28)18-17-22(4-2)23-15-12-10-13-16-23/h10,12-13,15-20,22H,3-9,11,14H2,1-2H3/b18-17+. The third kappa shape index (κ3) is 9.03. The van der Waals surface area contributed by atoms with Crippen LogP contribution >= 0.6 is 0 Å². The number of carbonyl (C=O) groups excluding carboxylic acids is 1. The Labute approximate surface area is 175 Å². The van der Waals surface area contributed by atoms with Crippen LogP contribution in [0.4, 0.5) is 0 Å². The minimum absolute atomic E-state index is 0.107. The largest absolute Gasteiger partial charge is 0.388 e. The van der Waals surface area contributed by atoms with E-state index in [2.05, 4.69) is 35.9 Å². The van der Waals surface area contributed by atoms with E-state index in [1.807, 2.05) is 24.3 Å². The Morgan fingerprint density at radius 2 is 1.62 bits per heavy atom. The highest BCUT2D eigenvalue weighted by atomic mass is 16.5. The van der Waals surface area contributed by atoms with E-state index in [0.29, 0.717) is 0 Å². The van der Waals surface area contributed by atoms with Gasteiger partial charge in [-0.25, -0.2) is 14.8 Å². The zero-order valence-electron chi connectivity index (χ0n) is 17.8. The molecule has 1 unspecified atom stereocenters. The smallest absolute Gasteiger partial charge is 0.338 e. The molecule has 29 heavy (non-hydrogen) atoms. The van der Waals surface area contributed by atoms with Crippen molar-refractivity contribution in [3.05, 3.63) is 66.0 Å². The fourth-order valence-corrected chi connectivity index (χ4v) is 3.31. The molecule has 0 aliphatic heterocycles. The Morgan fingerprint density at radius 3 is 2.28 bits per heavy atom. The van der Waals surface area contributed by atoms with Gasteiger partial charge in [0, 0.05) is 24.4 Å². The van der Waals surface area contributed by atoms with Crippen molar-refractivity contribution in [1.29, 1.82) is 0 Å². The number of nitrogens with zero attached hydrogens (tertiary/aromatic N) is 2. The van der Waals surface area contributed by atoms with E-state index >= 15 is 0 Å². The molecule has 1 aromatic carbocycles. The van der Waals surface area contributed by atoms with Gasteiger partial charge in [0.05, 0.1) is 0 Å². The minimum Gasteiger partial charge on any atom is -0.388 e. The highest BCUT2D eigenvalue weighted by Crippen LogP contribution is 2.20. The summed E-state index contributed by atoms with van der Waals surface area (Å²) in [4.78, 5) is 20.4. The number of aryl methyl sites for hydroxylation is 1. The summed E-state index contributed by atoms with van der Waals surface area (Å²) in [6, 6.07) is 10.2. The Kier molecular flexibility index (Phi) is 10.7. The van der Waals surface area contributed by atoms with E-state index in [9.17, 15) is 4.79 Å². The quantitative estimate of drug-likeness (QED) is 0.223. The Bertz CT molecular complexity index is 726. The second kappa shape index (κ2) is 13.6. The fourth-order valence-electron chi connectivity index (χ4n) is 3.31. The minimum atomic E-state index is -0.445. The molecule has 4 nitrogen and oxygen atoms in total. The van der Waals surface area contributed by atoms with Crippen LogP contribution in [0.15, 0.2) is 54.9 Å². The van der Waals surface area contributed by atoms with Crippen molar-refractivity contribution in [3.63, 3.8) is 0 Å². The Morgan fingerprint density at radius 1 is 0.966 bits per heavy atom. The van der Waals surface area contributed by atoms with Crippen LogP contribution in [0.25, 0.3) is 0 Å². The molecule has 0 aliphatic rings. The van der Waals surface area contributed by atoms with E-state index in [1.54, 1.807) is 12.4 Å². The average molecular weight is 395 g/mol. The molecule has 0 radical (unpaired) electrons. The number of aromatic nitrogens is 2. The average Bonchev–Trinajstić information content (AvgIpc) is 2.75. The molecule has 4 heteroatoms. The van der Waals surface area contributed by atoms with Gasteiger partial charge in [-0.3, -0.25) is 0 Å². The summed E-state index contributed by atoms with van der Waals surface area (Å²) in [5, 5.41) is 0. The first kappa shape index (κ1) is 22.8. The van der Waals surface area contributed by atoms with Crippen LogP contribution in [0.5, 0.6) is 6.01 Å². The number of hydrogen-bond acceptors (Lipinski definition) is 4. The van der Waals surface area contributed by atoms with Gasteiger partial charge in [0.15, 0.2) is 0 Å². The lowest BCUT2D eigenvalue weighted by Crippen LogP contribution is -2.07. The van der Waals surface area contributed by atoms with Gasteiger partial charge < -0.3 is 4.74 Å². The fraction of sp³-hybridized carbons (Fsp3) is 0.480. The van der Waals surface area contributed by atoms with E-state index in [1.165, 1.54) is 50.2 Å². The van der Waals surface area contributed by atoms with Crippen molar-refractivity contribution in [3.8, 4) is 6.01 Å². The third-order valence-electron chi connectivity index (χ3n) is 5.07. The zero-order valence-corrected chi connectivity index (χ0v) is 17.8. The molecule has 0 amide bonds. The molecule has 0 fully saturated rings. The lowest BCUT2D eigenvalue weighted by atomic mass is 9.96. The molecule has 1 heterocycles. The van der Waals surface area contributed by atoms with E-state index in [-0.39, 0.29) is 11.9 Å². The number of ether oxygens (including phenoxy) is 1. The van der Waals surface area contributed by atoms with Crippen LogP contribution in [0.2, 0.25) is 0 Å². The molecule has 1 atom stereocenters. The Hall–Kier alpha value is -2.49. The molecule has 0 saturated carbocycles. The number of rotatable bonds is 13. The van der Waals surface area contributed by atoms with Gasteiger partial charge >= 0.3 is 12.0 Å². The second-order valence-corrected chi connectivity index (χ2v) is 7.45. The summed E-state index contributed by atoms with van der Waals surface area (Å²) in [6.45, 7) is 4.34. The number of benzene rings is 1. The summed E-state index contributed by atoms with van der Waals surface area (Å²) < 4.78 is 5.23. The summed E-state index contributed by atoms with van der Waals surface area (Å²) in [7, 11) is 0. The van der Waals surface area contributed by atoms with Gasteiger partial charge in [-0.1, -0.05) is 88.8 Å². The number of esters is 1. The predicted molar refractivity (Wildman–Crippen MR) is 118 cm³/mol. The predicted octanol–water partition coefficient (Wildman–Crippen LogP) is 6.43. The first-order valence-electron chi connectivity index (χ1n) is 11.0. The highest BCUT2D eigenvalue weighted by Gasteiger charge is 2.08. The highest BCUT2D eigenvalue weighted by molar-refractivity contribution is 5.83. The summed E-state index contributed by atoms with van der Waals surface area (Å²) in [5.74, 6) is -0.256. The van der Waals surface area contributed by atoms with Crippen molar-refractivity contribution < 1.29 is 9.53 Å². The van der Waals surface area contributed by atoms with E-state index in [4.69, 9.17) is 4.74 Å². The monoisotopic (exact) mass is 394 g/mol. The first-order valence-corrected chi connectivity index (χ1v) is 11.0. The summed E-state index contributed by atoms with van der Waals surface area (Å²) >= 11 is 0. The number of allylic oxidation sites excluding steroid dienone is 1. The van der Waals surface area contributed by atoms with E-state index < -0.39 is 5.97 Å². The maximum atomic E-state index is 12.1. The summed E-state index contributed by atoms with van der Waals surface area (Å²) in [5.41, 5.74) is 2.27. The van der Waals surface area contributed by atoms with Crippen molar-refractivity contribution in [2.45, 2.75) is 77.6 Å². The lowest BCUT2D eigenvalue weighted by molar-refractivity contribution is -0.129. The molecule has 0 N–H and O–H groups in total. The normalized spacial score (nSPS) is 12.2. The number of hydrogen-bond donors (Lipinski definition) is 0. The van der Waals surface area contributed by atoms with Crippen molar-refractivity contribution >= 4 is 5.97 Å². The maximum absolute atomic E-state index is 12.1. The van der Waals surface area contributed by atoms with Crippen molar-refractivity contribution in [2.24, 2.45) is 0 Å². The van der Waals surface area contributed by atoms with E-state index in [0.717, 1.165) is 24.8 Å². The Balaban J connectivity index is 1.73. The van der Waals surface area contributed by atoms with Gasteiger partial charge in [-0.2, -0.15) is 0 Å². The SMILES string of the molecule is CCCCCCCCCc1cnc(OC(=O)/C=C/C(CC)c2ccccc2)nc1. The van der Waals surface area contributed by atoms with Crippen molar-refractivity contribution in [2.75, 3.05) is 0 Å². The van der Waals surface area contributed by atoms with Crippen LogP contribution in [0, 0.1) is 0 Å². The molecular formula is C25H34N2O2. The van der Waals surface area contributed by atoms with Crippen LogP contribution in [0.3, 0.4) is 0 Å². The lowest BCUT2D eigenvalue weighted by Gasteiger charge is -2.09.